The van der Waals surface area contributed by atoms with Gasteiger partial charge in [0, 0.05) is 11.3 Å². The summed E-state index contributed by atoms with van der Waals surface area (Å²) in [4.78, 5) is 12.8. The minimum Gasteiger partial charge on any atom is -0.299 e. The fourth-order valence-corrected chi connectivity index (χ4v) is 6.08. The first-order chi connectivity index (χ1) is 7.46. The van der Waals surface area contributed by atoms with Crippen molar-refractivity contribution in [2.45, 2.75) is 61.3 Å². The highest BCUT2D eigenvalue weighted by Gasteiger charge is 2.83. The number of fused-ring (bicyclic) bond motifs is 1. The predicted molar refractivity (Wildman–Crippen MR) is 69.6 cm³/mol. The Morgan fingerprint density at radius 3 is 2.00 bits per heavy atom. The minimum atomic E-state index is -0.105. The fourth-order valence-electron chi connectivity index (χ4n) is 6.08. The SMILES string of the molecule is CC12CC3C(=O)C(C)(C1)C(C)(C)C(C)(C)C32C. The second-order valence-corrected chi connectivity index (χ2v) is 8.64. The maximum atomic E-state index is 12.8. The predicted octanol–water partition coefficient (Wildman–Crippen LogP) is 4.06. The number of rotatable bonds is 0. The van der Waals surface area contributed by atoms with Crippen LogP contribution in [-0.2, 0) is 4.79 Å². The van der Waals surface area contributed by atoms with Crippen LogP contribution in [0.5, 0.6) is 0 Å². The third kappa shape index (κ3) is 0.746. The zero-order valence-corrected chi connectivity index (χ0v) is 12.4. The van der Waals surface area contributed by atoms with Crippen molar-refractivity contribution in [3.8, 4) is 0 Å². The summed E-state index contributed by atoms with van der Waals surface area (Å²) in [5.41, 5.74) is 0.824. The Bertz CT molecular complexity index is 433. The van der Waals surface area contributed by atoms with Crippen molar-refractivity contribution in [1.82, 2.24) is 0 Å². The average Bonchev–Trinajstić information content (AvgIpc) is 2.19. The summed E-state index contributed by atoms with van der Waals surface area (Å²) in [6.07, 6.45) is 2.24. The van der Waals surface area contributed by atoms with Gasteiger partial charge in [0.1, 0.15) is 5.78 Å². The number of ketones is 1. The van der Waals surface area contributed by atoms with Crippen LogP contribution in [0.3, 0.4) is 0 Å². The summed E-state index contributed by atoms with van der Waals surface area (Å²) in [7, 11) is 0. The van der Waals surface area contributed by atoms with Crippen LogP contribution in [0.25, 0.3) is 0 Å². The molecular formula is C16H26O. The lowest BCUT2D eigenvalue weighted by atomic mass is 9.19. The third-order valence-electron chi connectivity index (χ3n) is 8.45. The molecule has 17 heavy (non-hydrogen) atoms. The summed E-state index contributed by atoms with van der Waals surface area (Å²) in [5, 5.41) is 0. The lowest BCUT2D eigenvalue weighted by Gasteiger charge is -2.83. The van der Waals surface area contributed by atoms with E-state index in [0.29, 0.717) is 17.1 Å². The van der Waals surface area contributed by atoms with Gasteiger partial charge in [-0.3, -0.25) is 4.79 Å². The largest absolute Gasteiger partial charge is 0.299 e. The molecule has 1 heteroatoms. The quantitative estimate of drug-likeness (QED) is 0.617. The van der Waals surface area contributed by atoms with Gasteiger partial charge in [0.15, 0.2) is 0 Å². The first-order valence-electron chi connectivity index (χ1n) is 7.00. The van der Waals surface area contributed by atoms with Crippen LogP contribution in [0.4, 0.5) is 0 Å². The molecule has 0 heterocycles. The highest BCUT2D eigenvalue weighted by Crippen LogP contribution is 2.86. The van der Waals surface area contributed by atoms with E-state index < -0.39 is 0 Å². The van der Waals surface area contributed by atoms with Gasteiger partial charge in [-0.25, -0.2) is 0 Å². The average molecular weight is 234 g/mol. The number of hydrogen-bond acceptors (Lipinski definition) is 1. The number of hydrogen-bond donors (Lipinski definition) is 0. The zero-order valence-electron chi connectivity index (χ0n) is 12.4. The van der Waals surface area contributed by atoms with E-state index in [1.165, 1.54) is 0 Å². The van der Waals surface area contributed by atoms with Crippen molar-refractivity contribution in [3.05, 3.63) is 0 Å². The molecule has 0 aliphatic heterocycles. The van der Waals surface area contributed by atoms with Gasteiger partial charge in [-0.15, -0.1) is 0 Å². The van der Waals surface area contributed by atoms with Crippen molar-refractivity contribution in [1.29, 1.82) is 0 Å². The molecule has 0 aromatic rings. The summed E-state index contributed by atoms with van der Waals surface area (Å²) < 4.78 is 0. The van der Waals surface area contributed by atoms with Gasteiger partial charge < -0.3 is 0 Å². The molecule has 0 saturated heterocycles. The highest BCUT2D eigenvalue weighted by molar-refractivity contribution is 5.93. The van der Waals surface area contributed by atoms with Crippen LogP contribution in [0, 0.1) is 33.0 Å². The summed E-state index contributed by atoms with van der Waals surface area (Å²) >= 11 is 0. The molecule has 0 aromatic carbocycles. The minimum absolute atomic E-state index is 0.0995. The van der Waals surface area contributed by atoms with Gasteiger partial charge in [-0.2, -0.15) is 0 Å². The molecule has 5 aliphatic carbocycles. The number of Topliss-reactive ketones (excluding diaryl/α,β-unsaturated/α-hetero) is 1. The lowest BCUT2D eigenvalue weighted by molar-refractivity contribution is -0.329. The third-order valence-corrected chi connectivity index (χ3v) is 8.45. The van der Waals surface area contributed by atoms with E-state index in [2.05, 4.69) is 48.5 Å². The van der Waals surface area contributed by atoms with Crippen LogP contribution in [0.15, 0.2) is 0 Å². The zero-order chi connectivity index (χ0) is 13.1. The van der Waals surface area contributed by atoms with E-state index in [1.54, 1.807) is 0 Å². The second-order valence-electron chi connectivity index (χ2n) is 8.64. The second kappa shape index (κ2) is 2.38. The maximum absolute atomic E-state index is 12.8. The van der Waals surface area contributed by atoms with Crippen LogP contribution in [-0.4, -0.2) is 5.78 Å². The van der Waals surface area contributed by atoms with E-state index in [0.717, 1.165) is 12.8 Å². The molecule has 4 unspecified atom stereocenters. The smallest absolute Gasteiger partial charge is 0.143 e. The molecule has 0 radical (unpaired) electrons. The topological polar surface area (TPSA) is 17.1 Å². The van der Waals surface area contributed by atoms with Crippen molar-refractivity contribution < 1.29 is 4.79 Å². The van der Waals surface area contributed by atoms with Crippen LogP contribution in [0.2, 0.25) is 0 Å². The van der Waals surface area contributed by atoms with Gasteiger partial charge in [-0.05, 0) is 34.5 Å². The molecule has 0 N–H and O–H groups in total. The molecule has 1 nitrogen and oxygen atoms in total. The van der Waals surface area contributed by atoms with Gasteiger partial charge >= 0.3 is 0 Å². The Kier molecular flexibility index (Phi) is 1.64. The van der Waals surface area contributed by atoms with Crippen LogP contribution < -0.4 is 0 Å². The molecular weight excluding hydrogens is 208 g/mol. The molecule has 5 saturated carbocycles. The Hall–Kier alpha value is -0.330. The Labute approximate surface area is 105 Å². The summed E-state index contributed by atoms with van der Waals surface area (Å²) in [5.74, 6) is 0.891. The van der Waals surface area contributed by atoms with Crippen molar-refractivity contribution in [2.24, 2.45) is 33.0 Å². The van der Waals surface area contributed by atoms with Crippen molar-refractivity contribution in [2.75, 3.05) is 0 Å². The molecule has 0 spiro atoms. The van der Waals surface area contributed by atoms with Gasteiger partial charge in [-0.1, -0.05) is 48.5 Å². The van der Waals surface area contributed by atoms with Crippen molar-refractivity contribution in [3.63, 3.8) is 0 Å². The van der Waals surface area contributed by atoms with E-state index in [-0.39, 0.29) is 21.7 Å². The first kappa shape index (κ1) is 11.7. The molecule has 96 valence electrons. The molecule has 4 atom stereocenters. The van der Waals surface area contributed by atoms with Gasteiger partial charge in [0.2, 0.25) is 0 Å². The monoisotopic (exact) mass is 234 g/mol. The molecule has 5 fully saturated rings. The normalized spacial score (nSPS) is 57.8. The number of carbonyl (C=O) groups excluding carboxylic acids is 1. The van der Waals surface area contributed by atoms with E-state index >= 15 is 0 Å². The van der Waals surface area contributed by atoms with Crippen LogP contribution >= 0.6 is 0 Å². The first-order valence-corrected chi connectivity index (χ1v) is 7.00. The molecule has 0 aromatic heterocycles. The lowest BCUT2D eigenvalue weighted by Crippen LogP contribution is -2.81. The molecule has 5 rings (SSSR count). The summed E-state index contributed by atoms with van der Waals surface area (Å²) in [6.45, 7) is 16.5. The fraction of sp³-hybridized carbons (Fsp3) is 0.938. The Morgan fingerprint density at radius 1 is 0.941 bits per heavy atom. The van der Waals surface area contributed by atoms with Crippen LogP contribution in [0.1, 0.15) is 61.3 Å². The Balaban J connectivity index is 2.30. The van der Waals surface area contributed by atoms with Gasteiger partial charge in [0.25, 0.3) is 0 Å². The Morgan fingerprint density at radius 2 is 1.47 bits per heavy atom. The van der Waals surface area contributed by atoms with Gasteiger partial charge in [0.05, 0.1) is 0 Å². The summed E-state index contributed by atoms with van der Waals surface area (Å²) in [6, 6.07) is 0. The van der Waals surface area contributed by atoms with E-state index in [1.807, 2.05) is 0 Å². The van der Waals surface area contributed by atoms with Crippen molar-refractivity contribution >= 4 is 5.78 Å². The standard InChI is InChI=1S/C16H26O/c1-12(2)13(3,4)16(7)10-8-14(16,5)9-15(12,6)11(10)17/h10H,8-9H2,1-7H3. The molecule has 4 bridgehead atoms. The van der Waals surface area contributed by atoms with E-state index in [9.17, 15) is 4.79 Å². The molecule has 5 aliphatic rings. The van der Waals surface area contributed by atoms with E-state index in [4.69, 9.17) is 0 Å². The highest BCUT2D eigenvalue weighted by atomic mass is 16.1. The maximum Gasteiger partial charge on any atom is 0.143 e. The number of carbonyl (C=O) groups is 1. The molecule has 0 amide bonds.